The Hall–Kier alpha value is -3.15. The van der Waals surface area contributed by atoms with Gasteiger partial charge in [0.1, 0.15) is 6.04 Å². The van der Waals surface area contributed by atoms with Gasteiger partial charge in [0.15, 0.2) is 0 Å². The number of hydrogen-bond donors (Lipinski definition) is 3. The van der Waals surface area contributed by atoms with Gasteiger partial charge < -0.3 is 16.2 Å². The van der Waals surface area contributed by atoms with E-state index in [0.29, 0.717) is 6.42 Å². The fourth-order valence-corrected chi connectivity index (χ4v) is 2.52. The normalized spacial score (nSPS) is 13.4. The van der Waals surface area contributed by atoms with Crippen LogP contribution in [0.25, 0.3) is 0 Å². The highest BCUT2D eigenvalue weighted by molar-refractivity contribution is 5.88. The van der Waals surface area contributed by atoms with Gasteiger partial charge in [0.2, 0.25) is 11.8 Å². The zero-order valence-corrected chi connectivity index (χ0v) is 19.1. The summed E-state index contributed by atoms with van der Waals surface area (Å²) in [5, 5.41) is 11.3. The summed E-state index contributed by atoms with van der Waals surface area (Å²) in [5.74, 6) is -2.46. The molecule has 0 aliphatic rings. The van der Waals surface area contributed by atoms with E-state index < -0.39 is 30.2 Å². The van der Waals surface area contributed by atoms with E-state index in [1.165, 1.54) is 0 Å². The highest BCUT2D eigenvalue weighted by atomic mass is 16.4. The van der Waals surface area contributed by atoms with E-state index >= 15 is 0 Å². The van der Waals surface area contributed by atoms with E-state index in [1.807, 2.05) is 12.2 Å². The van der Waals surface area contributed by atoms with E-state index in [1.54, 1.807) is 0 Å². The molecule has 4 N–H and O–H groups in total. The molecule has 6 nitrogen and oxygen atoms in total. The number of primary amides is 1. The average molecular weight is 443 g/mol. The number of nitrogens with two attached hydrogens (primary N) is 1. The highest BCUT2D eigenvalue weighted by Crippen LogP contribution is 1.99. The summed E-state index contributed by atoms with van der Waals surface area (Å²) in [5.41, 5.74) is 4.98. The number of nitrogens with one attached hydrogen (secondary N) is 1. The monoisotopic (exact) mass is 442 g/mol. The first-order chi connectivity index (χ1) is 15.5. The summed E-state index contributed by atoms with van der Waals surface area (Å²) in [4.78, 5) is 33.5. The van der Waals surface area contributed by atoms with Crippen molar-refractivity contribution in [1.29, 1.82) is 0 Å². The second kappa shape index (κ2) is 21.1. The van der Waals surface area contributed by atoms with Crippen molar-refractivity contribution in [3.05, 3.63) is 72.9 Å². The maximum atomic E-state index is 11.7. The molecule has 0 aromatic carbocycles. The fourth-order valence-electron chi connectivity index (χ4n) is 2.52. The largest absolute Gasteiger partial charge is 0.480 e. The molecule has 0 aromatic rings. The van der Waals surface area contributed by atoms with Gasteiger partial charge in [-0.25, -0.2) is 4.79 Å². The first-order valence-corrected chi connectivity index (χ1v) is 11.2. The van der Waals surface area contributed by atoms with Crippen molar-refractivity contribution in [3.8, 4) is 0 Å². The molecule has 0 saturated heterocycles. The average Bonchev–Trinajstić information content (AvgIpc) is 2.74. The molecule has 2 amide bonds. The van der Waals surface area contributed by atoms with Gasteiger partial charge >= 0.3 is 5.97 Å². The van der Waals surface area contributed by atoms with Crippen LogP contribution >= 0.6 is 0 Å². The van der Waals surface area contributed by atoms with Crippen molar-refractivity contribution in [1.82, 2.24) is 5.32 Å². The Morgan fingerprint density at radius 1 is 0.750 bits per heavy atom. The van der Waals surface area contributed by atoms with Crippen molar-refractivity contribution in [2.45, 2.75) is 70.8 Å². The first kappa shape index (κ1) is 28.9. The number of carboxylic acids is 1. The summed E-state index contributed by atoms with van der Waals surface area (Å²) < 4.78 is 0. The van der Waals surface area contributed by atoms with Gasteiger partial charge in [-0.05, 0) is 44.9 Å². The Kier molecular flexibility index (Phi) is 19.0. The lowest BCUT2D eigenvalue weighted by Gasteiger charge is -2.12. The first-order valence-electron chi connectivity index (χ1n) is 11.2. The molecule has 0 aliphatic heterocycles. The third-order valence-electron chi connectivity index (χ3n) is 4.17. The number of amides is 2. The molecule has 6 heteroatoms. The molecule has 0 aromatic heterocycles. The molecule has 0 bridgehead atoms. The lowest BCUT2D eigenvalue weighted by molar-refractivity contribution is -0.143. The van der Waals surface area contributed by atoms with Crippen LogP contribution in [-0.2, 0) is 14.4 Å². The minimum Gasteiger partial charge on any atom is -0.480 e. The van der Waals surface area contributed by atoms with E-state index in [9.17, 15) is 14.4 Å². The van der Waals surface area contributed by atoms with E-state index in [4.69, 9.17) is 10.8 Å². The molecule has 1 unspecified atom stereocenters. The number of carbonyl (C=O) groups excluding carboxylic acids is 2. The maximum Gasteiger partial charge on any atom is 0.326 e. The predicted molar refractivity (Wildman–Crippen MR) is 131 cm³/mol. The standard InChI is InChI=1S/C26H38N2O4/c1-2-3-4-5-6-7-8-9-10-11-12-13-14-15-16-17-18-19-20-21-25(30)28-23(26(31)32)22-24(27)29/h3-4,6-7,9-10,12-13,15-16,18-19,23H,2,5,8,11,14,17,20-22H2,1H3,(H2,27,29)(H,28,30)(H,31,32)/b4-3+,7-6+,10-9+,13-12+,16-15+,19-18+. The van der Waals surface area contributed by atoms with Crippen molar-refractivity contribution in [3.63, 3.8) is 0 Å². The minimum atomic E-state index is -1.27. The lowest BCUT2D eigenvalue weighted by atomic mass is 10.2. The number of carbonyl (C=O) groups is 3. The number of aliphatic carboxylic acids is 1. The molecule has 0 saturated carbocycles. The third-order valence-corrected chi connectivity index (χ3v) is 4.17. The molecule has 176 valence electrons. The van der Waals surface area contributed by atoms with Gasteiger partial charge in [0.25, 0.3) is 0 Å². The van der Waals surface area contributed by atoms with E-state index in [0.717, 1.165) is 38.5 Å². The van der Waals surface area contributed by atoms with Gasteiger partial charge in [-0.3, -0.25) is 9.59 Å². The minimum absolute atomic E-state index is 0.157. The molecule has 1 atom stereocenters. The second-order valence-electron chi connectivity index (χ2n) is 7.08. The maximum absolute atomic E-state index is 11.7. The SMILES string of the molecule is CC/C=C/C/C=C/C/C=C/C/C=C/C/C=C/C/C=C/CCC(=O)NC(CC(N)=O)C(=O)O. The smallest absolute Gasteiger partial charge is 0.326 e. The van der Waals surface area contributed by atoms with Gasteiger partial charge in [0, 0.05) is 6.42 Å². The molecule has 32 heavy (non-hydrogen) atoms. The molecule has 0 fully saturated rings. The number of allylic oxidation sites excluding steroid dienone is 12. The van der Waals surface area contributed by atoms with Crippen LogP contribution in [0.3, 0.4) is 0 Å². The molecule has 0 radical (unpaired) electrons. The van der Waals surface area contributed by atoms with Crippen LogP contribution in [0.4, 0.5) is 0 Å². The summed E-state index contributed by atoms with van der Waals surface area (Å²) in [6.45, 7) is 2.13. The van der Waals surface area contributed by atoms with Crippen molar-refractivity contribution >= 4 is 17.8 Å². The summed E-state index contributed by atoms with van der Waals surface area (Å²) in [7, 11) is 0. The lowest BCUT2D eigenvalue weighted by Crippen LogP contribution is -2.43. The van der Waals surface area contributed by atoms with Crippen LogP contribution in [0.2, 0.25) is 0 Å². The Morgan fingerprint density at radius 3 is 1.53 bits per heavy atom. The van der Waals surface area contributed by atoms with E-state index in [-0.39, 0.29) is 6.42 Å². The van der Waals surface area contributed by atoms with Crippen LogP contribution in [0.5, 0.6) is 0 Å². The number of rotatable bonds is 18. The van der Waals surface area contributed by atoms with Gasteiger partial charge in [-0.1, -0.05) is 79.8 Å². The molecule has 0 spiro atoms. The van der Waals surface area contributed by atoms with Crippen LogP contribution in [0.1, 0.15) is 64.7 Å². The Balaban J connectivity index is 3.80. The molecule has 0 rings (SSSR count). The van der Waals surface area contributed by atoms with E-state index in [2.05, 4.69) is 73.0 Å². The summed E-state index contributed by atoms with van der Waals surface area (Å²) >= 11 is 0. The molecule has 0 aliphatic carbocycles. The zero-order chi connectivity index (χ0) is 23.9. The molecular formula is C26H38N2O4. The van der Waals surface area contributed by atoms with Crippen molar-refractivity contribution < 1.29 is 19.5 Å². The van der Waals surface area contributed by atoms with Crippen LogP contribution in [-0.4, -0.2) is 28.9 Å². The molecule has 0 heterocycles. The number of carboxylic acid groups (broad SMARTS) is 1. The quantitative estimate of drug-likeness (QED) is 0.262. The van der Waals surface area contributed by atoms with Crippen LogP contribution in [0.15, 0.2) is 72.9 Å². The Bertz CT molecular complexity index is 715. The fraction of sp³-hybridized carbons (Fsp3) is 0.423. The van der Waals surface area contributed by atoms with Crippen LogP contribution < -0.4 is 11.1 Å². The Labute approximate surface area is 192 Å². The predicted octanol–water partition coefficient (Wildman–Crippen LogP) is 4.91. The Morgan fingerprint density at radius 2 is 1.16 bits per heavy atom. The second-order valence-corrected chi connectivity index (χ2v) is 7.08. The number of hydrogen-bond acceptors (Lipinski definition) is 3. The highest BCUT2D eigenvalue weighted by Gasteiger charge is 2.21. The van der Waals surface area contributed by atoms with Gasteiger partial charge in [-0.2, -0.15) is 0 Å². The zero-order valence-electron chi connectivity index (χ0n) is 19.1. The third kappa shape index (κ3) is 20.1. The van der Waals surface area contributed by atoms with Gasteiger partial charge in [0.05, 0.1) is 6.42 Å². The van der Waals surface area contributed by atoms with Crippen molar-refractivity contribution in [2.75, 3.05) is 0 Å². The summed E-state index contributed by atoms with van der Waals surface area (Å²) in [6.07, 6.45) is 31.2. The topological polar surface area (TPSA) is 109 Å². The van der Waals surface area contributed by atoms with Crippen LogP contribution in [0, 0.1) is 0 Å². The van der Waals surface area contributed by atoms with Gasteiger partial charge in [-0.15, -0.1) is 0 Å². The molecular weight excluding hydrogens is 404 g/mol. The summed E-state index contributed by atoms with van der Waals surface area (Å²) in [6, 6.07) is -1.27. The van der Waals surface area contributed by atoms with Crippen molar-refractivity contribution in [2.24, 2.45) is 5.73 Å².